The van der Waals surface area contributed by atoms with Crippen LogP contribution in [-0.2, 0) is 4.79 Å². The molecule has 0 radical (unpaired) electrons. The highest BCUT2D eigenvalue weighted by molar-refractivity contribution is 6.04. The van der Waals surface area contributed by atoms with E-state index >= 15 is 0 Å². The first-order valence-corrected chi connectivity index (χ1v) is 4.62. The Balaban J connectivity index is 2.08. The number of anilines is 1. The Kier molecular flexibility index (Phi) is 2.64. The lowest BCUT2D eigenvalue weighted by molar-refractivity contribution is -0.113. The number of aromatic amines is 1. The molecular formula is C10H11N3O2. The number of nitrogens with one attached hydrogen (secondary N) is 2. The van der Waals surface area contributed by atoms with Gasteiger partial charge >= 0.3 is 0 Å². The molecule has 0 bridgehead atoms. The molecule has 0 aliphatic heterocycles. The Labute approximate surface area is 86.5 Å². The Morgan fingerprint density at radius 3 is 3.20 bits per heavy atom. The molecule has 1 aliphatic carbocycles. The quantitative estimate of drug-likeness (QED) is 0.661. The molecule has 1 amide bonds. The summed E-state index contributed by atoms with van der Waals surface area (Å²) in [7, 11) is 0. The molecule has 1 atom stereocenters. The normalized spacial score (nSPS) is 19.8. The summed E-state index contributed by atoms with van der Waals surface area (Å²) in [5.41, 5.74) is 0.368. The van der Waals surface area contributed by atoms with Gasteiger partial charge in [0.1, 0.15) is 5.82 Å². The minimum Gasteiger partial charge on any atom is -0.388 e. The van der Waals surface area contributed by atoms with Crippen molar-refractivity contribution in [1.29, 1.82) is 0 Å². The summed E-state index contributed by atoms with van der Waals surface area (Å²) >= 11 is 0. The van der Waals surface area contributed by atoms with E-state index in [0.29, 0.717) is 17.8 Å². The molecule has 1 aliphatic rings. The van der Waals surface area contributed by atoms with E-state index < -0.39 is 6.10 Å². The third-order valence-corrected chi connectivity index (χ3v) is 2.14. The number of imidazole rings is 1. The molecule has 5 heteroatoms. The SMILES string of the molecule is O=C(Nc1cnc[nH]1)C1=CC=CCC1O. The number of aliphatic hydroxyl groups excluding tert-OH is 1. The van der Waals surface area contributed by atoms with Gasteiger partial charge in [-0.05, 0) is 6.42 Å². The topological polar surface area (TPSA) is 78.0 Å². The highest BCUT2D eigenvalue weighted by atomic mass is 16.3. The number of H-pyrrole nitrogens is 1. The minimum atomic E-state index is -0.724. The predicted octanol–water partition coefficient (Wildman–Crippen LogP) is 0.595. The Morgan fingerprint density at radius 2 is 2.53 bits per heavy atom. The van der Waals surface area contributed by atoms with E-state index in [1.807, 2.05) is 6.08 Å². The molecule has 1 heterocycles. The van der Waals surface area contributed by atoms with Crippen LogP contribution in [0.5, 0.6) is 0 Å². The van der Waals surface area contributed by atoms with Crippen LogP contribution in [0.2, 0.25) is 0 Å². The highest BCUT2D eigenvalue weighted by Crippen LogP contribution is 2.14. The number of rotatable bonds is 2. The summed E-state index contributed by atoms with van der Waals surface area (Å²) in [4.78, 5) is 18.2. The average molecular weight is 205 g/mol. The van der Waals surface area contributed by atoms with Crippen LogP contribution >= 0.6 is 0 Å². The van der Waals surface area contributed by atoms with E-state index in [1.54, 1.807) is 12.2 Å². The average Bonchev–Trinajstić information content (AvgIpc) is 2.71. The van der Waals surface area contributed by atoms with Crippen LogP contribution in [0.1, 0.15) is 6.42 Å². The lowest BCUT2D eigenvalue weighted by Gasteiger charge is -2.14. The van der Waals surface area contributed by atoms with Gasteiger partial charge in [-0.2, -0.15) is 0 Å². The standard InChI is InChI=1S/C10H11N3O2/c14-8-4-2-1-3-7(8)10(15)13-9-5-11-6-12-9/h1-3,5-6,8,14H,4H2,(H,11,12)(H,13,15). The van der Waals surface area contributed by atoms with Crippen molar-refractivity contribution in [2.45, 2.75) is 12.5 Å². The van der Waals surface area contributed by atoms with Crippen LogP contribution in [0, 0.1) is 0 Å². The zero-order valence-corrected chi connectivity index (χ0v) is 7.97. The third-order valence-electron chi connectivity index (χ3n) is 2.14. The van der Waals surface area contributed by atoms with Gasteiger partial charge in [0.2, 0.25) is 0 Å². The summed E-state index contributed by atoms with van der Waals surface area (Å²) in [5, 5.41) is 12.2. The molecule has 0 saturated heterocycles. The maximum absolute atomic E-state index is 11.7. The first kappa shape index (κ1) is 9.67. The monoisotopic (exact) mass is 205 g/mol. The molecule has 1 aromatic heterocycles. The summed E-state index contributed by atoms with van der Waals surface area (Å²) in [5.74, 6) is 0.207. The van der Waals surface area contributed by atoms with E-state index in [4.69, 9.17) is 0 Å². The van der Waals surface area contributed by atoms with E-state index in [9.17, 15) is 9.90 Å². The molecule has 78 valence electrons. The number of carbonyl (C=O) groups is 1. The van der Waals surface area contributed by atoms with Crippen molar-refractivity contribution in [2.75, 3.05) is 5.32 Å². The van der Waals surface area contributed by atoms with Crippen LogP contribution in [0.4, 0.5) is 5.82 Å². The number of nitrogens with zero attached hydrogens (tertiary/aromatic N) is 1. The zero-order chi connectivity index (χ0) is 10.7. The first-order chi connectivity index (χ1) is 7.27. The molecule has 5 nitrogen and oxygen atoms in total. The maximum Gasteiger partial charge on any atom is 0.255 e. The van der Waals surface area contributed by atoms with Crippen LogP contribution in [-0.4, -0.2) is 27.1 Å². The molecule has 3 N–H and O–H groups in total. The van der Waals surface area contributed by atoms with Crippen LogP contribution < -0.4 is 5.32 Å². The molecule has 15 heavy (non-hydrogen) atoms. The van der Waals surface area contributed by atoms with Crippen LogP contribution in [0.15, 0.2) is 36.3 Å². The van der Waals surface area contributed by atoms with Gasteiger partial charge in [0.25, 0.3) is 5.91 Å². The van der Waals surface area contributed by atoms with Gasteiger partial charge < -0.3 is 15.4 Å². The highest BCUT2D eigenvalue weighted by Gasteiger charge is 2.19. The molecule has 0 spiro atoms. The van der Waals surface area contributed by atoms with E-state index in [2.05, 4.69) is 15.3 Å². The second-order valence-corrected chi connectivity index (χ2v) is 3.22. The van der Waals surface area contributed by atoms with Crippen molar-refractivity contribution in [2.24, 2.45) is 0 Å². The fourth-order valence-corrected chi connectivity index (χ4v) is 1.36. The van der Waals surface area contributed by atoms with Gasteiger partial charge in [0.05, 0.1) is 18.6 Å². The fourth-order valence-electron chi connectivity index (χ4n) is 1.36. The maximum atomic E-state index is 11.7. The summed E-state index contributed by atoms with van der Waals surface area (Å²) in [6.07, 6.45) is 7.91. The van der Waals surface area contributed by atoms with E-state index in [1.165, 1.54) is 12.5 Å². The third kappa shape index (κ3) is 2.13. The summed E-state index contributed by atoms with van der Waals surface area (Å²) < 4.78 is 0. The second kappa shape index (κ2) is 4.10. The smallest absolute Gasteiger partial charge is 0.255 e. The van der Waals surface area contributed by atoms with Gasteiger partial charge in [-0.1, -0.05) is 18.2 Å². The Hall–Kier alpha value is -1.88. The van der Waals surface area contributed by atoms with Crippen molar-refractivity contribution in [3.05, 3.63) is 36.3 Å². The summed E-state index contributed by atoms with van der Waals surface area (Å²) in [6.45, 7) is 0. The molecule has 1 unspecified atom stereocenters. The second-order valence-electron chi connectivity index (χ2n) is 3.22. The van der Waals surface area contributed by atoms with Crippen molar-refractivity contribution < 1.29 is 9.90 Å². The van der Waals surface area contributed by atoms with Crippen molar-refractivity contribution in [3.8, 4) is 0 Å². The number of amides is 1. The van der Waals surface area contributed by atoms with Crippen LogP contribution in [0.3, 0.4) is 0 Å². The van der Waals surface area contributed by atoms with Crippen molar-refractivity contribution in [3.63, 3.8) is 0 Å². The number of allylic oxidation sites excluding steroid dienone is 2. The number of aromatic nitrogens is 2. The van der Waals surface area contributed by atoms with Gasteiger partial charge in [-0.3, -0.25) is 4.79 Å². The number of hydrogen-bond acceptors (Lipinski definition) is 3. The molecular weight excluding hydrogens is 194 g/mol. The zero-order valence-electron chi connectivity index (χ0n) is 7.97. The molecule has 2 rings (SSSR count). The van der Waals surface area contributed by atoms with Crippen molar-refractivity contribution >= 4 is 11.7 Å². The minimum absolute atomic E-state index is 0.309. The fraction of sp³-hybridized carbons (Fsp3) is 0.200. The van der Waals surface area contributed by atoms with E-state index in [-0.39, 0.29) is 5.91 Å². The lowest BCUT2D eigenvalue weighted by Crippen LogP contribution is -2.24. The Bertz CT molecular complexity index is 406. The predicted molar refractivity (Wildman–Crippen MR) is 55.1 cm³/mol. The summed E-state index contributed by atoms with van der Waals surface area (Å²) in [6, 6.07) is 0. The van der Waals surface area contributed by atoms with Gasteiger partial charge in [0.15, 0.2) is 0 Å². The molecule has 0 fully saturated rings. The van der Waals surface area contributed by atoms with Gasteiger partial charge in [-0.25, -0.2) is 4.98 Å². The van der Waals surface area contributed by atoms with E-state index in [0.717, 1.165) is 0 Å². The molecule has 1 aromatic rings. The van der Waals surface area contributed by atoms with Gasteiger partial charge in [-0.15, -0.1) is 0 Å². The number of aliphatic hydroxyl groups is 1. The largest absolute Gasteiger partial charge is 0.388 e. The number of hydrogen-bond donors (Lipinski definition) is 3. The first-order valence-electron chi connectivity index (χ1n) is 4.62. The van der Waals surface area contributed by atoms with Crippen LogP contribution in [0.25, 0.3) is 0 Å². The number of carbonyl (C=O) groups excluding carboxylic acids is 1. The van der Waals surface area contributed by atoms with Crippen molar-refractivity contribution in [1.82, 2.24) is 9.97 Å². The molecule has 0 saturated carbocycles. The Morgan fingerprint density at radius 1 is 1.67 bits per heavy atom. The van der Waals surface area contributed by atoms with Gasteiger partial charge in [0, 0.05) is 5.57 Å². The molecule has 0 aromatic carbocycles. The lowest BCUT2D eigenvalue weighted by atomic mass is 10.0.